The minimum absolute atomic E-state index is 0.131. The zero-order valence-corrected chi connectivity index (χ0v) is 25.6. The van der Waals surface area contributed by atoms with Crippen LogP contribution in [0.25, 0.3) is 0 Å². The van der Waals surface area contributed by atoms with Gasteiger partial charge in [-0.25, -0.2) is 4.79 Å². The monoisotopic (exact) mass is 704 g/mol. The number of urea groups is 1. The van der Waals surface area contributed by atoms with E-state index in [1.807, 2.05) is 91.0 Å². The molecule has 3 N–H and O–H groups in total. The van der Waals surface area contributed by atoms with Gasteiger partial charge in [-0.05, 0) is 48.5 Å². The van der Waals surface area contributed by atoms with Gasteiger partial charge in [0, 0.05) is 6.07 Å². The Balaban J connectivity index is 0.00000102. The molecule has 45 heavy (non-hydrogen) atoms. The molecule has 0 aliphatic heterocycles. The summed E-state index contributed by atoms with van der Waals surface area (Å²) in [5.74, 6) is 0. The van der Waals surface area contributed by atoms with E-state index in [0.29, 0.717) is 12.1 Å². The SMILES string of the molecule is O=C(NC(=C(Cl)Cl)[P+](c1ccccc1)(c1ccccc1)c1ccccc1)Nc1ccc(C(F)(F)F)cc1[N+](=O)[O-].[O-][Cl+3]([O-])([O-])O. The summed E-state index contributed by atoms with van der Waals surface area (Å²) in [7, 11) is -7.67. The number of amides is 2. The van der Waals surface area contributed by atoms with Crippen LogP contribution in [0.1, 0.15) is 5.56 Å². The van der Waals surface area contributed by atoms with Crippen molar-refractivity contribution in [3.63, 3.8) is 0 Å². The number of carbonyl (C=O) groups excluding carboxylic acids is 1. The van der Waals surface area contributed by atoms with Crippen molar-refractivity contribution in [3.8, 4) is 0 Å². The lowest BCUT2D eigenvalue weighted by Crippen LogP contribution is -2.58. The maximum absolute atomic E-state index is 13.3. The fraction of sp³-hybridized carbons (Fsp3) is 0.0357. The van der Waals surface area contributed by atoms with E-state index in [2.05, 4.69) is 10.6 Å². The summed E-state index contributed by atoms with van der Waals surface area (Å²) >= 11 is 12.9. The number of nitro groups is 1. The Labute approximate surface area is 266 Å². The number of anilines is 1. The van der Waals surface area contributed by atoms with E-state index in [1.165, 1.54) is 0 Å². The summed E-state index contributed by atoms with van der Waals surface area (Å²) < 4.78 is 71.9. The Morgan fingerprint density at radius 1 is 0.800 bits per heavy atom. The molecule has 236 valence electrons. The fourth-order valence-corrected chi connectivity index (χ4v) is 9.18. The van der Waals surface area contributed by atoms with Crippen LogP contribution in [0.2, 0.25) is 0 Å². The van der Waals surface area contributed by atoms with Gasteiger partial charge in [0.05, 0.1) is 25.4 Å². The van der Waals surface area contributed by atoms with Crippen LogP contribution in [0.3, 0.4) is 0 Å². The predicted molar refractivity (Wildman–Crippen MR) is 156 cm³/mol. The molecule has 0 bridgehead atoms. The Bertz CT molecular complexity index is 1560. The molecule has 0 heterocycles. The lowest BCUT2D eigenvalue weighted by molar-refractivity contribution is -1.92. The number of hydrogen-bond donors (Lipinski definition) is 3. The quantitative estimate of drug-likeness (QED) is 0.150. The van der Waals surface area contributed by atoms with E-state index in [0.717, 1.165) is 22.0 Å². The molecule has 0 fully saturated rings. The van der Waals surface area contributed by atoms with Crippen LogP contribution in [0.5, 0.6) is 0 Å². The number of halogens is 6. The molecule has 0 unspecified atom stereocenters. The number of hydrogen-bond acceptors (Lipinski definition) is 7. The van der Waals surface area contributed by atoms with Crippen molar-refractivity contribution in [1.29, 1.82) is 0 Å². The highest BCUT2D eigenvalue weighted by Gasteiger charge is 2.52. The third-order valence-electron chi connectivity index (χ3n) is 5.95. The van der Waals surface area contributed by atoms with E-state index in [-0.39, 0.29) is 9.93 Å². The summed E-state index contributed by atoms with van der Waals surface area (Å²) in [4.78, 5) is 23.9. The minimum Gasteiger partial charge on any atom is -0.302 e. The first-order valence-electron chi connectivity index (χ1n) is 12.2. The number of nitrogens with zero attached hydrogens (tertiary/aromatic N) is 1. The standard InChI is InChI=1S/C28H19Cl2F3N3O3P.ClHO4/c29-25(30)26(35-27(37)34-23-17-16-19(28(31,32)33)18-24(23)36(38)39)40(20-10-4-1-5-11-20,21-12-6-2-7-13-21)22-14-8-3-9-15-22;2-1(3,4)5/h1-18H,(H-,34,35,37);(H,2,3,4,5)/p+1. The second-order valence-corrected chi connectivity index (χ2v) is 13.8. The Morgan fingerprint density at radius 3 is 1.53 bits per heavy atom. The molecule has 0 aromatic heterocycles. The lowest BCUT2D eigenvalue weighted by Gasteiger charge is -2.29. The van der Waals surface area contributed by atoms with Crippen LogP contribution in [0.15, 0.2) is 119 Å². The third kappa shape index (κ3) is 9.36. The summed E-state index contributed by atoms with van der Waals surface area (Å²) in [6.07, 6.45) is -4.81. The molecule has 0 saturated heterocycles. The molecule has 10 nitrogen and oxygen atoms in total. The Kier molecular flexibility index (Phi) is 11.9. The number of benzene rings is 4. The van der Waals surface area contributed by atoms with E-state index in [9.17, 15) is 28.1 Å². The van der Waals surface area contributed by atoms with Crippen molar-refractivity contribution < 1.29 is 51.8 Å². The van der Waals surface area contributed by atoms with Crippen LogP contribution in [-0.4, -0.2) is 15.6 Å². The van der Waals surface area contributed by atoms with Gasteiger partial charge in [0.2, 0.25) is 5.44 Å². The molecule has 0 saturated carbocycles. The van der Waals surface area contributed by atoms with E-state index < -0.39 is 51.6 Å². The van der Waals surface area contributed by atoms with Gasteiger partial charge in [-0.3, -0.25) is 15.4 Å². The highest BCUT2D eigenvalue weighted by molar-refractivity contribution is 7.99. The van der Waals surface area contributed by atoms with Gasteiger partial charge in [-0.15, -0.1) is 0 Å². The van der Waals surface area contributed by atoms with Crippen LogP contribution in [-0.2, 0) is 6.18 Å². The van der Waals surface area contributed by atoms with E-state index in [1.54, 1.807) is 0 Å². The van der Waals surface area contributed by atoms with Gasteiger partial charge in [0.25, 0.3) is 5.69 Å². The van der Waals surface area contributed by atoms with Crippen molar-refractivity contribution in [3.05, 3.63) is 135 Å². The van der Waals surface area contributed by atoms with Crippen molar-refractivity contribution >= 4 is 63.8 Å². The van der Waals surface area contributed by atoms with Gasteiger partial charge < -0.3 is 5.32 Å². The van der Waals surface area contributed by atoms with Crippen LogP contribution < -0.4 is 40.5 Å². The van der Waals surface area contributed by atoms with E-state index >= 15 is 0 Å². The second-order valence-electron chi connectivity index (χ2n) is 8.75. The third-order valence-corrected chi connectivity index (χ3v) is 10.8. The Morgan fingerprint density at radius 2 is 1.20 bits per heavy atom. The molecule has 0 spiro atoms. The molecule has 0 radical (unpaired) electrons. The normalized spacial score (nSPS) is 11.5. The van der Waals surface area contributed by atoms with Gasteiger partial charge in [0.15, 0.2) is 11.8 Å². The molecular weight excluding hydrogens is 685 g/mol. The fourth-order valence-electron chi connectivity index (χ4n) is 4.27. The average molecular weight is 706 g/mol. The van der Waals surface area contributed by atoms with Crippen molar-refractivity contribution in [2.45, 2.75) is 6.18 Å². The van der Waals surface area contributed by atoms with E-state index in [4.69, 9.17) is 41.8 Å². The highest BCUT2D eigenvalue weighted by atomic mass is 35.7. The maximum atomic E-state index is 13.3. The lowest BCUT2D eigenvalue weighted by atomic mass is 10.1. The summed E-state index contributed by atoms with van der Waals surface area (Å²) in [6, 6.07) is 28.6. The molecule has 2 amide bonds. The van der Waals surface area contributed by atoms with Crippen LogP contribution >= 0.6 is 30.5 Å². The first-order chi connectivity index (χ1) is 21.0. The zero-order chi connectivity index (χ0) is 33.4. The second kappa shape index (κ2) is 15.0. The Hall–Kier alpha value is -3.78. The maximum Gasteiger partial charge on any atom is 0.416 e. The topological polar surface area (TPSA) is 174 Å². The minimum atomic E-state index is -4.81. The van der Waals surface area contributed by atoms with Gasteiger partial charge in [-0.1, -0.05) is 77.8 Å². The molecule has 4 aromatic carbocycles. The number of nitro benzene ring substituents is 1. The number of carbonyl (C=O) groups is 1. The molecule has 17 heteroatoms. The van der Waals surface area contributed by atoms with Gasteiger partial charge in [-0.2, -0.15) is 27.1 Å². The zero-order valence-electron chi connectivity index (χ0n) is 22.5. The molecular formula is C28H21Cl3F3N3O7P+. The average Bonchev–Trinajstić information content (AvgIpc) is 2.97. The summed E-state index contributed by atoms with van der Waals surface area (Å²) in [5, 5.41) is 18.9. The largest absolute Gasteiger partial charge is 0.416 e. The number of rotatable bonds is 7. The number of alkyl halides is 3. The van der Waals surface area contributed by atoms with Gasteiger partial charge in [0.1, 0.15) is 21.6 Å². The molecule has 4 aromatic rings. The molecule has 0 aliphatic rings. The molecule has 0 atom stereocenters. The summed E-state index contributed by atoms with van der Waals surface area (Å²) in [6.45, 7) is 0. The first-order valence-corrected chi connectivity index (χ1v) is 16.0. The smallest absolute Gasteiger partial charge is 0.302 e. The van der Waals surface area contributed by atoms with Crippen LogP contribution in [0, 0.1) is 20.4 Å². The number of nitrogens with one attached hydrogen (secondary N) is 2. The first kappa shape index (κ1) is 35.7. The van der Waals surface area contributed by atoms with Gasteiger partial charge >= 0.3 is 12.2 Å². The van der Waals surface area contributed by atoms with Crippen molar-refractivity contribution in [2.24, 2.45) is 0 Å². The van der Waals surface area contributed by atoms with Crippen molar-refractivity contribution in [2.75, 3.05) is 5.32 Å². The predicted octanol–water partition coefficient (Wildman–Crippen LogP) is 3.21. The van der Waals surface area contributed by atoms with Crippen LogP contribution in [0.4, 0.5) is 29.3 Å². The molecule has 0 aliphatic carbocycles. The summed E-state index contributed by atoms with van der Waals surface area (Å²) in [5.41, 5.74) is -2.46. The van der Waals surface area contributed by atoms with Crippen molar-refractivity contribution in [1.82, 2.24) is 5.32 Å². The molecule has 4 rings (SSSR count). The highest BCUT2D eigenvalue weighted by Crippen LogP contribution is 2.63.